The Labute approximate surface area is 85.2 Å². The van der Waals surface area contributed by atoms with Crippen LogP contribution in [0.5, 0.6) is 0 Å². The summed E-state index contributed by atoms with van der Waals surface area (Å²) in [5.41, 5.74) is -0.536. The molecule has 0 fully saturated rings. The Balaban J connectivity index is 2.97. The number of carbonyl (C=O) groups is 2. The van der Waals surface area contributed by atoms with E-state index in [1.165, 1.54) is 0 Å². The lowest BCUT2D eigenvalue weighted by molar-refractivity contribution is -0.685. The molecule has 0 saturated heterocycles. The predicted molar refractivity (Wildman–Crippen MR) is 43.0 cm³/mol. The van der Waals surface area contributed by atoms with Gasteiger partial charge < -0.3 is 0 Å². The van der Waals surface area contributed by atoms with Crippen molar-refractivity contribution in [1.82, 2.24) is 0 Å². The molecule has 15 heavy (non-hydrogen) atoms. The Morgan fingerprint density at radius 2 is 1.60 bits per heavy atom. The zero-order valence-electron chi connectivity index (χ0n) is 8.44. The fourth-order valence-electron chi connectivity index (χ4n) is 0.872. The first kappa shape index (κ1) is 11.6. The van der Waals surface area contributed by atoms with Crippen molar-refractivity contribution < 1.29 is 34.5 Å². The first-order chi connectivity index (χ1) is 6.91. The Morgan fingerprint density at radius 3 is 2.20 bits per heavy atom. The molecule has 0 atom stereocenters. The second-order valence-corrected chi connectivity index (χ2v) is 3.79. The molecule has 1 aliphatic rings. The zero-order chi connectivity index (χ0) is 11.5. The SMILES string of the molecule is CC(C)(C)/C1=C/C(=O)OOOOOC1=O. The van der Waals surface area contributed by atoms with E-state index < -0.39 is 17.4 Å². The quantitative estimate of drug-likeness (QED) is 0.555. The second kappa shape index (κ2) is 4.39. The van der Waals surface area contributed by atoms with Crippen LogP contribution < -0.4 is 0 Å². The van der Waals surface area contributed by atoms with Gasteiger partial charge >= 0.3 is 11.9 Å². The molecule has 0 aromatic heterocycles. The van der Waals surface area contributed by atoms with Crippen LogP contribution in [0.15, 0.2) is 11.6 Å². The molecule has 0 aromatic rings. The number of rotatable bonds is 0. The lowest BCUT2D eigenvalue weighted by atomic mass is 9.86. The van der Waals surface area contributed by atoms with Crippen LogP contribution in [0.1, 0.15) is 20.8 Å². The molecule has 1 aliphatic heterocycles. The van der Waals surface area contributed by atoms with Gasteiger partial charge in [0, 0.05) is 21.2 Å². The van der Waals surface area contributed by atoms with Gasteiger partial charge in [0.15, 0.2) is 0 Å². The van der Waals surface area contributed by atoms with Gasteiger partial charge in [-0.1, -0.05) is 20.8 Å². The minimum atomic E-state index is -0.901. The number of hydrogen-bond acceptors (Lipinski definition) is 7. The molecule has 0 amide bonds. The monoisotopic (exact) mass is 218 g/mol. The molecule has 0 bridgehead atoms. The Kier molecular flexibility index (Phi) is 3.40. The maximum atomic E-state index is 11.4. The van der Waals surface area contributed by atoms with Gasteiger partial charge in [0.1, 0.15) is 0 Å². The van der Waals surface area contributed by atoms with E-state index in [9.17, 15) is 9.59 Å². The molecule has 0 unspecified atom stereocenters. The van der Waals surface area contributed by atoms with Crippen molar-refractivity contribution in [2.24, 2.45) is 5.41 Å². The molecule has 0 radical (unpaired) electrons. The van der Waals surface area contributed by atoms with Crippen LogP contribution in [0.4, 0.5) is 0 Å². The van der Waals surface area contributed by atoms with E-state index in [1.807, 2.05) is 0 Å². The van der Waals surface area contributed by atoms with Crippen molar-refractivity contribution in [2.75, 3.05) is 0 Å². The maximum Gasteiger partial charge on any atom is 0.373 e. The summed E-state index contributed by atoms with van der Waals surface area (Å²) >= 11 is 0. The highest BCUT2D eigenvalue weighted by Crippen LogP contribution is 2.26. The molecule has 7 heteroatoms. The van der Waals surface area contributed by atoms with Gasteiger partial charge in [-0.05, 0) is 5.41 Å². The topological polar surface area (TPSA) is 80.3 Å². The van der Waals surface area contributed by atoms with Crippen molar-refractivity contribution in [1.29, 1.82) is 0 Å². The summed E-state index contributed by atoms with van der Waals surface area (Å²) in [6, 6.07) is 0. The molecule has 0 aromatic carbocycles. The highest BCUT2D eigenvalue weighted by molar-refractivity contribution is 5.96. The van der Waals surface area contributed by atoms with Gasteiger partial charge in [0.05, 0.1) is 5.57 Å². The summed E-state index contributed by atoms with van der Waals surface area (Å²) in [6.45, 7) is 5.15. The molecule has 0 spiro atoms. The van der Waals surface area contributed by atoms with Gasteiger partial charge in [0.25, 0.3) is 0 Å². The van der Waals surface area contributed by atoms with E-state index in [0.29, 0.717) is 0 Å². The fourth-order valence-corrected chi connectivity index (χ4v) is 0.872. The highest BCUT2D eigenvalue weighted by Gasteiger charge is 2.29. The van der Waals surface area contributed by atoms with Gasteiger partial charge in [-0.2, -0.15) is 0 Å². The van der Waals surface area contributed by atoms with E-state index >= 15 is 0 Å². The van der Waals surface area contributed by atoms with Crippen LogP contribution >= 0.6 is 0 Å². The molecule has 7 nitrogen and oxygen atoms in total. The molecule has 0 saturated carbocycles. The van der Waals surface area contributed by atoms with Gasteiger partial charge in [0.2, 0.25) is 0 Å². The minimum Gasteiger partial charge on any atom is -0.262 e. The number of carbonyl (C=O) groups excluding carboxylic acids is 2. The zero-order valence-corrected chi connectivity index (χ0v) is 8.44. The molecule has 0 N–H and O–H groups in total. The highest BCUT2D eigenvalue weighted by atomic mass is 17.8. The third-order valence-corrected chi connectivity index (χ3v) is 1.57. The Morgan fingerprint density at radius 1 is 1.00 bits per heavy atom. The van der Waals surface area contributed by atoms with Crippen molar-refractivity contribution in [3.63, 3.8) is 0 Å². The standard InChI is InChI=1S/C8H10O7/c1-8(2,3)5-4-6(9)11-13-15-14-12-7(5)10/h4H,1-3H3/b5-4+. The fraction of sp³-hybridized carbons (Fsp3) is 0.500. The van der Waals surface area contributed by atoms with Gasteiger partial charge in [-0.25, -0.2) is 9.59 Å². The Hall–Kier alpha value is -1.44. The maximum absolute atomic E-state index is 11.4. The molecule has 1 rings (SSSR count). The smallest absolute Gasteiger partial charge is 0.262 e. The van der Waals surface area contributed by atoms with Crippen LogP contribution in [0.2, 0.25) is 0 Å². The lowest BCUT2D eigenvalue weighted by Gasteiger charge is -2.18. The normalized spacial score (nSPS) is 22.7. The lowest BCUT2D eigenvalue weighted by Crippen LogP contribution is -2.21. The second-order valence-electron chi connectivity index (χ2n) is 3.79. The van der Waals surface area contributed by atoms with Crippen LogP contribution in [-0.4, -0.2) is 11.9 Å². The molecule has 1 heterocycles. The van der Waals surface area contributed by atoms with E-state index in [1.54, 1.807) is 20.8 Å². The molecular formula is C8H10O7. The predicted octanol–water partition coefficient (Wildman–Crippen LogP) is 0.769. The first-order valence-electron chi connectivity index (χ1n) is 4.06. The number of hydrogen-bond donors (Lipinski definition) is 0. The molecule has 84 valence electrons. The minimum absolute atomic E-state index is 0.0709. The first-order valence-corrected chi connectivity index (χ1v) is 4.06. The van der Waals surface area contributed by atoms with Crippen molar-refractivity contribution in [3.05, 3.63) is 11.6 Å². The van der Waals surface area contributed by atoms with E-state index in [-0.39, 0.29) is 5.57 Å². The molecular weight excluding hydrogens is 208 g/mol. The summed E-state index contributed by atoms with van der Waals surface area (Å²) in [5, 5.41) is 11.4. The summed E-state index contributed by atoms with van der Waals surface area (Å²) in [6.07, 6.45) is 0.945. The van der Waals surface area contributed by atoms with Crippen LogP contribution in [0, 0.1) is 5.41 Å². The summed E-state index contributed by atoms with van der Waals surface area (Å²) in [4.78, 5) is 30.6. The van der Waals surface area contributed by atoms with Crippen LogP contribution in [0.3, 0.4) is 0 Å². The summed E-state index contributed by atoms with van der Waals surface area (Å²) in [7, 11) is 0. The van der Waals surface area contributed by atoms with E-state index in [4.69, 9.17) is 0 Å². The van der Waals surface area contributed by atoms with Gasteiger partial charge in [-0.15, -0.1) is 0 Å². The largest absolute Gasteiger partial charge is 0.373 e. The average molecular weight is 218 g/mol. The third-order valence-electron chi connectivity index (χ3n) is 1.57. The third kappa shape index (κ3) is 3.31. The summed E-state index contributed by atoms with van der Waals surface area (Å²) < 4.78 is 0. The van der Waals surface area contributed by atoms with Crippen molar-refractivity contribution in [3.8, 4) is 0 Å². The van der Waals surface area contributed by atoms with Gasteiger partial charge in [-0.3, -0.25) is 9.78 Å². The van der Waals surface area contributed by atoms with Crippen molar-refractivity contribution in [2.45, 2.75) is 20.8 Å². The summed E-state index contributed by atoms with van der Waals surface area (Å²) in [5.74, 6) is -1.76. The van der Waals surface area contributed by atoms with E-state index in [2.05, 4.69) is 24.9 Å². The van der Waals surface area contributed by atoms with Crippen molar-refractivity contribution >= 4 is 11.9 Å². The van der Waals surface area contributed by atoms with Crippen LogP contribution in [-0.2, 0) is 34.5 Å². The van der Waals surface area contributed by atoms with E-state index in [0.717, 1.165) is 6.08 Å². The molecule has 0 aliphatic carbocycles. The average Bonchev–Trinajstić information content (AvgIpc) is 2.17. The van der Waals surface area contributed by atoms with Crippen LogP contribution in [0.25, 0.3) is 0 Å². The Bertz CT molecular complexity index is 299.